The van der Waals surface area contributed by atoms with Gasteiger partial charge >= 0.3 is 0 Å². The number of hydrogen-bond donors (Lipinski definition) is 1. The van der Waals surface area contributed by atoms with Gasteiger partial charge in [-0.3, -0.25) is 0 Å². The summed E-state index contributed by atoms with van der Waals surface area (Å²) in [6, 6.07) is 13.4. The third-order valence-corrected chi connectivity index (χ3v) is 2.91. The number of rotatable bonds is 4. The minimum atomic E-state index is -0.144. The first-order valence-corrected chi connectivity index (χ1v) is 6.22. The second-order valence-corrected chi connectivity index (χ2v) is 4.20. The van der Waals surface area contributed by atoms with Crippen molar-refractivity contribution in [2.24, 2.45) is 0 Å². The minimum Gasteiger partial charge on any atom is -0.337 e. The average Bonchev–Trinajstić information content (AvgIpc) is 3.00. The maximum absolute atomic E-state index is 5.34. The maximum atomic E-state index is 5.34. The Balaban J connectivity index is 1.93. The van der Waals surface area contributed by atoms with E-state index in [0.29, 0.717) is 17.4 Å². The third kappa shape index (κ3) is 2.41. The van der Waals surface area contributed by atoms with E-state index in [-0.39, 0.29) is 6.04 Å². The zero-order valence-corrected chi connectivity index (χ0v) is 10.9. The SMILES string of the molecule is CNC(c1ccccc1)c1nc(-c2cccnn2)no1. The monoisotopic (exact) mass is 267 g/mol. The predicted octanol–water partition coefficient (Wildman–Crippen LogP) is 1.84. The van der Waals surface area contributed by atoms with Gasteiger partial charge in [-0.05, 0) is 24.7 Å². The Morgan fingerprint density at radius 1 is 1.10 bits per heavy atom. The van der Waals surface area contributed by atoms with Gasteiger partial charge in [0, 0.05) is 6.20 Å². The van der Waals surface area contributed by atoms with Crippen LogP contribution in [0.3, 0.4) is 0 Å². The van der Waals surface area contributed by atoms with Crippen molar-refractivity contribution in [3.05, 3.63) is 60.1 Å². The first kappa shape index (κ1) is 12.4. The van der Waals surface area contributed by atoms with Crippen molar-refractivity contribution in [2.75, 3.05) is 7.05 Å². The normalized spacial score (nSPS) is 12.2. The van der Waals surface area contributed by atoms with Crippen molar-refractivity contribution in [1.29, 1.82) is 0 Å². The maximum Gasteiger partial charge on any atom is 0.248 e. The van der Waals surface area contributed by atoms with Crippen LogP contribution in [0.15, 0.2) is 53.2 Å². The van der Waals surface area contributed by atoms with Gasteiger partial charge in [-0.2, -0.15) is 10.1 Å². The molecular formula is C14H13N5O. The van der Waals surface area contributed by atoms with Crippen LogP contribution in [-0.2, 0) is 0 Å². The molecule has 100 valence electrons. The molecule has 1 unspecified atom stereocenters. The fraction of sp³-hybridized carbons (Fsp3) is 0.143. The first-order valence-electron chi connectivity index (χ1n) is 6.22. The molecule has 0 aliphatic rings. The highest BCUT2D eigenvalue weighted by atomic mass is 16.5. The molecule has 0 spiro atoms. The van der Waals surface area contributed by atoms with E-state index in [2.05, 4.69) is 25.7 Å². The molecule has 0 fully saturated rings. The molecule has 2 heterocycles. The van der Waals surface area contributed by atoms with Crippen molar-refractivity contribution in [3.63, 3.8) is 0 Å². The van der Waals surface area contributed by atoms with Crippen LogP contribution in [0.2, 0.25) is 0 Å². The number of nitrogens with zero attached hydrogens (tertiary/aromatic N) is 4. The molecule has 0 aliphatic carbocycles. The molecular weight excluding hydrogens is 254 g/mol. The highest BCUT2D eigenvalue weighted by Gasteiger charge is 2.20. The summed E-state index contributed by atoms with van der Waals surface area (Å²) in [5.74, 6) is 0.934. The van der Waals surface area contributed by atoms with E-state index in [4.69, 9.17) is 4.52 Å². The van der Waals surface area contributed by atoms with Crippen LogP contribution < -0.4 is 5.32 Å². The van der Waals surface area contributed by atoms with Crippen LogP contribution in [0.1, 0.15) is 17.5 Å². The van der Waals surface area contributed by atoms with Crippen LogP contribution in [0.4, 0.5) is 0 Å². The summed E-state index contributed by atoms with van der Waals surface area (Å²) >= 11 is 0. The zero-order valence-electron chi connectivity index (χ0n) is 10.9. The number of benzene rings is 1. The van der Waals surface area contributed by atoms with Crippen molar-refractivity contribution in [1.82, 2.24) is 25.7 Å². The molecule has 0 bridgehead atoms. The summed E-state index contributed by atoms with van der Waals surface area (Å²) in [5.41, 5.74) is 1.65. The summed E-state index contributed by atoms with van der Waals surface area (Å²) in [4.78, 5) is 4.39. The molecule has 0 saturated carbocycles. The highest BCUT2D eigenvalue weighted by Crippen LogP contribution is 2.22. The van der Waals surface area contributed by atoms with E-state index in [1.165, 1.54) is 0 Å². The molecule has 6 nitrogen and oxygen atoms in total. The Morgan fingerprint density at radius 2 is 1.95 bits per heavy atom. The summed E-state index contributed by atoms with van der Waals surface area (Å²) in [6.07, 6.45) is 1.60. The predicted molar refractivity (Wildman–Crippen MR) is 72.7 cm³/mol. The second kappa shape index (κ2) is 5.58. The highest BCUT2D eigenvalue weighted by molar-refractivity contribution is 5.46. The zero-order chi connectivity index (χ0) is 13.8. The lowest BCUT2D eigenvalue weighted by Crippen LogP contribution is -2.17. The van der Waals surface area contributed by atoms with Crippen molar-refractivity contribution in [2.45, 2.75) is 6.04 Å². The second-order valence-electron chi connectivity index (χ2n) is 4.20. The van der Waals surface area contributed by atoms with E-state index in [1.807, 2.05) is 37.4 Å². The summed E-state index contributed by atoms with van der Waals surface area (Å²) in [5, 5.41) is 14.9. The lowest BCUT2D eigenvalue weighted by atomic mass is 10.1. The fourth-order valence-corrected chi connectivity index (χ4v) is 1.96. The molecule has 0 radical (unpaired) electrons. The van der Waals surface area contributed by atoms with Crippen LogP contribution in [0.25, 0.3) is 11.5 Å². The Kier molecular flexibility index (Phi) is 3.47. The minimum absolute atomic E-state index is 0.144. The molecule has 0 amide bonds. The molecule has 1 atom stereocenters. The van der Waals surface area contributed by atoms with E-state index in [1.54, 1.807) is 18.3 Å². The van der Waals surface area contributed by atoms with Gasteiger partial charge in [-0.1, -0.05) is 35.5 Å². The lowest BCUT2D eigenvalue weighted by Gasteiger charge is -2.11. The molecule has 3 aromatic rings. The smallest absolute Gasteiger partial charge is 0.248 e. The van der Waals surface area contributed by atoms with Gasteiger partial charge in [0.25, 0.3) is 0 Å². The van der Waals surface area contributed by atoms with Crippen molar-refractivity contribution >= 4 is 0 Å². The number of hydrogen-bond acceptors (Lipinski definition) is 6. The largest absolute Gasteiger partial charge is 0.337 e. The first-order chi connectivity index (χ1) is 9.88. The van der Waals surface area contributed by atoms with Gasteiger partial charge in [0.05, 0.1) is 0 Å². The van der Waals surface area contributed by atoms with Crippen LogP contribution in [0.5, 0.6) is 0 Å². The van der Waals surface area contributed by atoms with Gasteiger partial charge < -0.3 is 9.84 Å². The average molecular weight is 267 g/mol. The van der Waals surface area contributed by atoms with Gasteiger partial charge in [0.2, 0.25) is 11.7 Å². The molecule has 0 aliphatic heterocycles. The Labute approximate surface area is 115 Å². The molecule has 1 N–H and O–H groups in total. The third-order valence-electron chi connectivity index (χ3n) is 2.91. The standard InChI is InChI=1S/C14H13N5O/c1-15-12(10-6-3-2-4-7-10)14-17-13(19-20-14)11-8-5-9-16-18-11/h2-9,12,15H,1H3. The molecule has 0 saturated heterocycles. The van der Waals surface area contributed by atoms with Crippen LogP contribution in [-0.4, -0.2) is 27.4 Å². The van der Waals surface area contributed by atoms with Crippen molar-refractivity contribution < 1.29 is 4.52 Å². The molecule has 20 heavy (non-hydrogen) atoms. The van der Waals surface area contributed by atoms with Gasteiger partial charge in [-0.25, -0.2) is 0 Å². The number of aromatic nitrogens is 4. The van der Waals surface area contributed by atoms with E-state index in [0.717, 1.165) is 5.56 Å². The van der Waals surface area contributed by atoms with Crippen LogP contribution >= 0.6 is 0 Å². The molecule has 2 aromatic heterocycles. The van der Waals surface area contributed by atoms with E-state index >= 15 is 0 Å². The van der Waals surface area contributed by atoms with Crippen LogP contribution in [0, 0.1) is 0 Å². The molecule has 6 heteroatoms. The quantitative estimate of drug-likeness (QED) is 0.777. The fourth-order valence-electron chi connectivity index (χ4n) is 1.96. The topological polar surface area (TPSA) is 76.7 Å². The number of nitrogens with one attached hydrogen (secondary N) is 1. The summed E-state index contributed by atoms with van der Waals surface area (Å²) in [6.45, 7) is 0. The Bertz CT molecular complexity index is 668. The summed E-state index contributed by atoms with van der Waals surface area (Å²) < 4.78 is 5.34. The van der Waals surface area contributed by atoms with Crippen molar-refractivity contribution in [3.8, 4) is 11.5 Å². The van der Waals surface area contributed by atoms with E-state index < -0.39 is 0 Å². The Morgan fingerprint density at radius 3 is 2.65 bits per heavy atom. The molecule has 3 rings (SSSR count). The van der Waals surface area contributed by atoms with Gasteiger partial charge in [0.1, 0.15) is 11.7 Å². The van der Waals surface area contributed by atoms with Gasteiger partial charge in [0.15, 0.2) is 0 Å². The lowest BCUT2D eigenvalue weighted by molar-refractivity contribution is 0.355. The Hall–Kier alpha value is -2.60. The molecule has 1 aromatic carbocycles. The van der Waals surface area contributed by atoms with Gasteiger partial charge in [-0.15, -0.1) is 5.10 Å². The summed E-state index contributed by atoms with van der Waals surface area (Å²) in [7, 11) is 1.85. The van der Waals surface area contributed by atoms with E-state index in [9.17, 15) is 0 Å².